The second-order valence-electron chi connectivity index (χ2n) is 4.96. The molecule has 2 amide bonds. The zero-order chi connectivity index (χ0) is 12.8. The van der Waals surface area contributed by atoms with Gasteiger partial charge in [0.05, 0.1) is 13.1 Å². The molecule has 0 aromatic heterocycles. The number of carbonyl (C=O) groups is 2. The highest BCUT2D eigenvalue weighted by atomic mass is 16.2. The topological polar surface area (TPSA) is 82.3 Å². The van der Waals surface area contributed by atoms with Crippen LogP contribution in [-0.2, 0) is 9.59 Å². The molecule has 1 heterocycles. The van der Waals surface area contributed by atoms with Crippen LogP contribution < -0.4 is 21.3 Å². The molecule has 1 saturated carbocycles. The monoisotopic (exact) mass is 254 g/mol. The van der Waals surface area contributed by atoms with Crippen LogP contribution in [-0.4, -0.2) is 50.1 Å². The van der Waals surface area contributed by atoms with Crippen LogP contribution in [0, 0.1) is 0 Å². The fourth-order valence-corrected chi connectivity index (χ4v) is 2.60. The van der Waals surface area contributed by atoms with Gasteiger partial charge in [-0.15, -0.1) is 0 Å². The summed E-state index contributed by atoms with van der Waals surface area (Å²) in [7, 11) is 0. The van der Waals surface area contributed by atoms with E-state index in [0.29, 0.717) is 26.2 Å². The Bertz CT molecular complexity index is 278. The smallest absolute Gasteiger partial charge is 0.234 e. The molecular formula is C12H22N4O2. The van der Waals surface area contributed by atoms with Crippen molar-refractivity contribution in [1.29, 1.82) is 0 Å². The van der Waals surface area contributed by atoms with Crippen LogP contribution >= 0.6 is 0 Å². The Labute approximate surface area is 107 Å². The first-order valence-electron chi connectivity index (χ1n) is 6.76. The molecule has 2 fully saturated rings. The van der Waals surface area contributed by atoms with Gasteiger partial charge in [-0.05, 0) is 12.8 Å². The lowest BCUT2D eigenvalue weighted by atomic mass is 9.90. The van der Waals surface area contributed by atoms with Crippen molar-refractivity contribution < 1.29 is 9.59 Å². The number of rotatable bonds is 0. The molecule has 1 aliphatic heterocycles. The second kappa shape index (κ2) is 6.70. The molecule has 2 rings (SSSR count). The van der Waals surface area contributed by atoms with Gasteiger partial charge in [0.15, 0.2) is 0 Å². The Hall–Kier alpha value is -1.14. The zero-order valence-corrected chi connectivity index (χ0v) is 10.6. The van der Waals surface area contributed by atoms with Gasteiger partial charge in [0.1, 0.15) is 0 Å². The maximum atomic E-state index is 11.5. The van der Waals surface area contributed by atoms with E-state index in [1.165, 1.54) is 12.8 Å². The minimum atomic E-state index is -0.00542. The van der Waals surface area contributed by atoms with Crippen LogP contribution in [0.1, 0.15) is 25.7 Å². The molecule has 4 N–H and O–H groups in total. The molecule has 2 atom stereocenters. The highest BCUT2D eigenvalue weighted by Crippen LogP contribution is 2.18. The summed E-state index contributed by atoms with van der Waals surface area (Å²) in [6, 6.07) is 0.577. The Morgan fingerprint density at radius 1 is 0.778 bits per heavy atom. The molecule has 2 unspecified atom stereocenters. The summed E-state index contributed by atoms with van der Waals surface area (Å²) in [6.45, 7) is 1.69. The number of hydrogen-bond donors (Lipinski definition) is 4. The number of nitrogens with one attached hydrogen (secondary N) is 4. The molecule has 18 heavy (non-hydrogen) atoms. The lowest BCUT2D eigenvalue weighted by Gasteiger charge is -2.33. The number of amides is 2. The number of fused-ring (bicyclic) bond motifs is 1. The molecule has 0 aromatic carbocycles. The lowest BCUT2D eigenvalue weighted by molar-refractivity contribution is -0.122. The van der Waals surface area contributed by atoms with Crippen molar-refractivity contribution in [3.63, 3.8) is 0 Å². The van der Waals surface area contributed by atoms with Crippen LogP contribution in [0.4, 0.5) is 0 Å². The van der Waals surface area contributed by atoms with Crippen LogP contribution in [0.3, 0.4) is 0 Å². The van der Waals surface area contributed by atoms with Gasteiger partial charge in [-0.2, -0.15) is 0 Å². The van der Waals surface area contributed by atoms with E-state index in [-0.39, 0.29) is 23.9 Å². The summed E-state index contributed by atoms with van der Waals surface area (Å²) in [4.78, 5) is 23.1. The van der Waals surface area contributed by atoms with Crippen LogP contribution in [0.25, 0.3) is 0 Å². The highest BCUT2D eigenvalue weighted by Gasteiger charge is 2.25. The van der Waals surface area contributed by atoms with E-state index in [1.54, 1.807) is 0 Å². The maximum Gasteiger partial charge on any atom is 0.234 e. The van der Waals surface area contributed by atoms with Crippen molar-refractivity contribution in [2.75, 3.05) is 26.2 Å². The first kappa shape index (κ1) is 13.3. The van der Waals surface area contributed by atoms with Gasteiger partial charge >= 0.3 is 0 Å². The van der Waals surface area contributed by atoms with Crippen molar-refractivity contribution in [2.24, 2.45) is 0 Å². The second-order valence-corrected chi connectivity index (χ2v) is 4.96. The third kappa shape index (κ3) is 3.96. The molecular weight excluding hydrogens is 232 g/mol. The van der Waals surface area contributed by atoms with Crippen LogP contribution in [0.5, 0.6) is 0 Å². The Balaban J connectivity index is 1.93. The van der Waals surface area contributed by atoms with E-state index in [0.717, 1.165) is 12.8 Å². The predicted octanol–water partition coefficient (Wildman–Crippen LogP) is -1.28. The fourth-order valence-electron chi connectivity index (χ4n) is 2.60. The van der Waals surface area contributed by atoms with E-state index in [9.17, 15) is 9.59 Å². The van der Waals surface area contributed by atoms with Crippen molar-refractivity contribution in [1.82, 2.24) is 21.3 Å². The third-order valence-electron chi connectivity index (χ3n) is 3.58. The van der Waals surface area contributed by atoms with Gasteiger partial charge in [-0.3, -0.25) is 9.59 Å². The summed E-state index contributed by atoms with van der Waals surface area (Å²) in [5.41, 5.74) is 0. The highest BCUT2D eigenvalue weighted by molar-refractivity contribution is 5.79. The standard InChI is InChI=1S/C12H22N4O2/c17-11-7-15-9-3-1-2-4-10(9)16-8-12(18)14-6-5-13-11/h9-10,15-16H,1-8H2,(H,13,17)(H,14,18). The van der Waals surface area contributed by atoms with Crippen molar-refractivity contribution in [3.05, 3.63) is 0 Å². The van der Waals surface area contributed by atoms with Gasteiger partial charge in [0.2, 0.25) is 11.8 Å². The van der Waals surface area contributed by atoms with E-state index in [1.807, 2.05) is 0 Å². The van der Waals surface area contributed by atoms with Gasteiger partial charge in [-0.1, -0.05) is 12.8 Å². The summed E-state index contributed by atoms with van der Waals surface area (Å²) in [6.07, 6.45) is 4.49. The van der Waals surface area contributed by atoms with Crippen LogP contribution in [0.2, 0.25) is 0 Å². The van der Waals surface area contributed by atoms with Crippen LogP contribution in [0.15, 0.2) is 0 Å². The average molecular weight is 254 g/mol. The average Bonchev–Trinajstić information content (AvgIpc) is 2.38. The summed E-state index contributed by atoms with van der Waals surface area (Å²) >= 11 is 0. The van der Waals surface area contributed by atoms with E-state index >= 15 is 0 Å². The first-order valence-corrected chi connectivity index (χ1v) is 6.76. The maximum absolute atomic E-state index is 11.5. The first-order chi connectivity index (χ1) is 8.75. The minimum absolute atomic E-state index is 0.00542. The Morgan fingerprint density at radius 2 is 1.22 bits per heavy atom. The third-order valence-corrected chi connectivity index (χ3v) is 3.58. The van der Waals surface area contributed by atoms with Crippen molar-refractivity contribution in [2.45, 2.75) is 37.8 Å². The summed E-state index contributed by atoms with van der Waals surface area (Å²) in [5.74, 6) is -0.0108. The number of hydrogen-bond acceptors (Lipinski definition) is 4. The SMILES string of the molecule is O=C1CNC2CCCCC2NCC(=O)NCCN1. The predicted molar refractivity (Wildman–Crippen MR) is 68.1 cm³/mol. The minimum Gasteiger partial charge on any atom is -0.353 e. The largest absolute Gasteiger partial charge is 0.353 e. The molecule has 1 aliphatic carbocycles. The molecule has 0 spiro atoms. The molecule has 6 heteroatoms. The molecule has 0 radical (unpaired) electrons. The number of carbonyl (C=O) groups excluding carboxylic acids is 2. The summed E-state index contributed by atoms with van der Waals surface area (Å²) < 4.78 is 0. The summed E-state index contributed by atoms with van der Waals surface area (Å²) in [5, 5.41) is 12.2. The van der Waals surface area contributed by atoms with E-state index in [4.69, 9.17) is 0 Å². The van der Waals surface area contributed by atoms with Gasteiger partial charge < -0.3 is 21.3 Å². The lowest BCUT2D eigenvalue weighted by Crippen LogP contribution is -2.55. The van der Waals surface area contributed by atoms with E-state index < -0.39 is 0 Å². The fraction of sp³-hybridized carbons (Fsp3) is 0.833. The Kier molecular flexibility index (Phi) is 4.95. The molecule has 1 saturated heterocycles. The molecule has 2 aliphatic rings. The van der Waals surface area contributed by atoms with Gasteiger partial charge in [-0.25, -0.2) is 0 Å². The molecule has 6 nitrogen and oxygen atoms in total. The Morgan fingerprint density at radius 3 is 1.67 bits per heavy atom. The van der Waals surface area contributed by atoms with E-state index in [2.05, 4.69) is 21.3 Å². The van der Waals surface area contributed by atoms with Crippen molar-refractivity contribution >= 4 is 11.8 Å². The zero-order valence-electron chi connectivity index (χ0n) is 10.6. The molecule has 102 valence electrons. The molecule has 0 aromatic rings. The van der Waals surface area contributed by atoms with Gasteiger partial charge in [0, 0.05) is 25.2 Å². The molecule has 0 bridgehead atoms. The normalized spacial score (nSPS) is 31.3. The quantitative estimate of drug-likeness (QED) is 0.434. The van der Waals surface area contributed by atoms with Gasteiger partial charge in [0.25, 0.3) is 0 Å². The van der Waals surface area contributed by atoms with Crippen molar-refractivity contribution in [3.8, 4) is 0 Å².